The Morgan fingerprint density at radius 3 is 2.52 bits per heavy atom. The molecule has 2 aromatic rings. The zero-order chi connectivity index (χ0) is 18.6. The molecule has 0 spiro atoms. The van der Waals surface area contributed by atoms with Gasteiger partial charge in [-0.25, -0.2) is 0 Å². The van der Waals surface area contributed by atoms with E-state index >= 15 is 0 Å². The SMILES string of the molecule is O=C1CCc2cc(N3CCN(C(=O)CCc4ccccc4)CC3)ccc2N1. The molecule has 0 radical (unpaired) electrons. The first-order valence-corrected chi connectivity index (χ1v) is 9.68. The Morgan fingerprint density at radius 2 is 1.74 bits per heavy atom. The second-order valence-corrected chi connectivity index (χ2v) is 7.24. The largest absolute Gasteiger partial charge is 0.368 e. The second kappa shape index (κ2) is 7.82. The quantitative estimate of drug-likeness (QED) is 0.909. The van der Waals surface area contributed by atoms with Gasteiger partial charge in [-0.15, -0.1) is 0 Å². The van der Waals surface area contributed by atoms with Crippen molar-refractivity contribution in [2.24, 2.45) is 0 Å². The lowest BCUT2D eigenvalue weighted by Gasteiger charge is -2.36. The minimum Gasteiger partial charge on any atom is -0.368 e. The minimum atomic E-state index is 0.0953. The van der Waals surface area contributed by atoms with Gasteiger partial charge in [-0.3, -0.25) is 9.59 Å². The van der Waals surface area contributed by atoms with Crippen LogP contribution in [0.5, 0.6) is 0 Å². The van der Waals surface area contributed by atoms with Gasteiger partial charge in [-0.1, -0.05) is 30.3 Å². The molecule has 0 saturated carbocycles. The van der Waals surface area contributed by atoms with Crippen molar-refractivity contribution in [1.29, 1.82) is 0 Å². The van der Waals surface area contributed by atoms with Crippen LogP contribution in [0.2, 0.25) is 0 Å². The van der Waals surface area contributed by atoms with Crippen LogP contribution in [0.3, 0.4) is 0 Å². The summed E-state index contributed by atoms with van der Waals surface area (Å²) in [4.78, 5) is 28.3. The van der Waals surface area contributed by atoms with Crippen LogP contribution in [0.1, 0.15) is 24.0 Å². The molecule has 2 aromatic carbocycles. The van der Waals surface area contributed by atoms with Crippen molar-refractivity contribution < 1.29 is 9.59 Å². The fraction of sp³-hybridized carbons (Fsp3) is 0.364. The molecule has 0 unspecified atom stereocenters. The van der Waals surface area contributed by atoms with Crippen LogP contribution in [-0.4, -0.2) is 42.9 Å². The monoisotopic (exact) mass is 363 g/mol. The third kappa shape index (κ3) is 4.13. The highest BCUT2D eigenvalue weighted by atomic mass is 16.2. The van der Waals surface area contributed by atoms with E-state index in [9.17, 15) is 9.59 Å². The maximum Gasteiger partial charge on any atom is 0.224 e. The summed E-state index contributed by atoms with van der Waals surface area (Å²) in [5.74, 6) is 0.338. The molecule has 1 saturated heterocycles. The first-order chi connectivity index (χ1) is 13.2. The van der Waals surface area contributed by atoms with Gasteiger partial charge in [0.15, 0.2) is 0 Å². The highest BCUT2D eigenvalue weighted by Gasteiger charge is 2.22. The van der Waals surface area contributed by atoms with Crippen LogP contribution in [0, 0.1) is 0 Å². The van der Waals surface area contributed by atoms with Crippen molar-refractivity contribution >= 4 is 23.2 Å². The lowest BCUT2D eigenvalue weighted by atomic mass is 10.0. The van der Waals surface area contributed by atoms with E-state index < -0.39 is 0 Å². The van der Waals surface area contributed by atoms with E-state index in [1.165, 1.54) is 16.8 Å². The Balaban J connectivity index is 1.31. The van der Waals surface area contributed by atoms with Crippen LogP contribution in [-0.2, 0) is 22.4 Å². The molecule has 2 aliphatic heterocycles. The van der Waals surface area contributed by atoms with Gasteiger partial charge in [0.1, 0.15) is 0 Å². The summed E-state index contributed by atoms with van der Waals surface area (Å²) in [6.45, 7) is 3.23. The summed E-state index contributed by atoms with van der Waals surface area (Å²) in [5, 5.41) is 2.93. The van der Waals surface area contributed by atoms with Crippen molar-refractivity contribution in [3.8, 4) is 0 Å². The fourth-order valence-corrected chi connectivity index (χ4v) is 3.83. The Bertz CT molecular complexity index is 827. The minimum absolute atomic E-state index is 0.0953. The Hall–Kier alpha value is -2.82. The van der Waals surface area contributed by atoms with Gasteiger partial charge in [0.05, 0.1) is 0 Å². The Kier molecular flexibility index (Phi) is 5.10. The molecule has 2 heterocycles. The third-order valence-electron chi connectivity index (χ3n) is 5.45. The lowest BCUT2D eigenvalue weighted by Crippen LogP contribution is -2.48. The smallest absolute Gasteiger partial charge is 0.224 e. The van der Waals surface area contributed by atoms with E-state index in [0.29, 0.717) is 12.8 Å². The van der Waals surface area contributed by atoms with E-state index in [2.05, 4.69) is 34.5 Å². The highest BCUT2D eigenvalue weighted by molar-refractivity contribution is 5.94. The Labute approximate surface area is 160 Å². The number of rotatable bonds is 4. The maximum absolute atomic E-state index is 12.5. The summed E-state index contributed by atoms with van der Waals surface area (Å²) in [6, 6.07) is 16.4. The van der Waals surface area contributed by atoms with Gasteiger partial charge in [0, 0.05) is 50.4 Å². The number of hydrogen-bond donors (Lipinski definition) is 1. The number of nitrogens with zero attached hydrogens (tertiary/aromatic N) is 2. The summed E-state index contributed by atoms with van der Waals surface area (Å²) in [6.07, 6.45) is 2.73. The molecule has 2 aliphatic rings. The van der Waals surface area contributed by atoms with Crippen molar-refractivity contribution in [2.45, 2.75) is 25.7 Å². The van der Waals surface area contributed by atoms with E-state index in [4.69, 9.17) is 0 Å². The molecule has 1 N–H and O–H groups in total. The fourth-order valence-electron chi connectivity index (χ4n) is 3.83. The predicted molar refractivity (Wildman–Crippen MR) is 107 cm³/mol. The number of anilines is 2. The molecule has 0 aliphatic carbocycles. The second-order valence-electron chi connectivity index (χ2n) is 7.24. The third-order valence-corrected chi connectivity index (χ3v) is 5.45. The Morgan fingerprint density at radius 1 is 0.963 bits per heavy atom. The first kappa shape index (κ1) is 17.6. The summed E-state index contributed by atoms with van der Waals surface area (Å²) < 4.78 is 0. The van der Waals surface area contributed by atoms with E-state index in [1.807, 2.05) is 29.2 Å². The van der Waals surface area contributed by atoms with Crippen LogP contribution in [0.4, 0.5) is 11.4 Å². The van der Waals surface area contributed by atoms with Crippen LogP contribution in [0.25, 0.3) is 0 Å². The number of amides is 2. The number of carbonyl (C=O) groups excluding carboxylic acids is 2. The standard InChI is InChI=1S/C22H25N3O2/c26-21-10-7-18-16-19(8-9-20(18)23-21)24-12-14-25(15-13-24)22(27)11-6-17-4-2-1-3-5-17/h1-5,8-9,16H,6-7,10-15H2,(H,23,26). The zero-order valence-electron chi connectivity index (χ0n) is 15.5. The molecule has 5 heteroatoms. The summed E-state index contributed by atoms with van der Waals surface area (Å²) in [5.41, 5.74) is 4.53. The first-order valence-electron chi connectivity index (χ1n) is 9.68. The number of carbonyl (C=O) groups is 2. The number of benzene rings is 2. The van der Waals surface area contributed by atoms with Gasteiger partial charge < -0.3 is 15.1 Å². The predicted octanol–water partition coefficient (Wildman–Crippen LogP) is 2.85. The van der Waals surface area contributed by atoms with Crippen molar-refractivity contribution in [3.63, 3.8) is 0 Å². The van der Waals surface area contributed by atoms with Crippen LogP contribution < -0.4 is 10.2 Å². The molecule has 1 fully saturated rings. The molecule has 0 bridgehead atoms. The molecular weight excluding hydrogens is 338 g/mol. The maximum atomic E-state index is 12.5. The van der Waals surface area contributed by atoms with Gasteiger partial charge in [-0.2, -0.15) is 0 Å². The van der Waals surface area contributed by atoms with E-state index in [1.54, 1.807) is 0 Å². The topological polar surface area (TPSA) is 52.7 Å². The van der Waals surface area contributed by atoms with E-state index in [0.717, 1.165) is 44.7 Å². The van der Waals surface area contributed by atoms with Crippen molar-refractivity contribution in [3.05, 3.63) is 59.7 Å². The zero-order valence-corrected chi connectivity index (χ0v) is 15.5. The molecule has 27 heavy (non-hydrogen) atoms. The lowest BCUT2D eigenvalue weighted by molar-refractivity contribution is -0.131. The number of hydrogen-bond acceptors (Lipinski definition) is 3. The molecule has 0 aromatic heterocycles. The van der Waals surface area contributed by atoms with Crippen molar-refractivity contribution in [1.82, 2.24) is 4.90 Å². The number of nitrogens with one attached hydrogen (secondary N) is 1. The van der Waals surface area contributed by atoms with Gasteiger partial charge in [-0.05, 0) is 42.2 Å². The van der Waals surface area contributed by atoms with Crippen molar-refractivity contribution in [2.75, 3.05) is 36.4 Å². The molecule has 140 valence electrons. The summed E-state index contributed by atoms with van der Waals surface area (Å²) in [7, 11) is 0. The molecule has 5 nitrogen and oxygen atoms in total. The normalized spacial score (nSPS) is 16.7. The molecular formula is C22H25N3O2. The van der Waals surface area contributed by atoms with Crippen LogP contribution >= 0.6 is 0 Å². The number of aryl methyl sites for hydroxylation is 2. The van der Waals surface area contributed by atoms with Crippen LogP contribution in [0.15, 0.2) is 48.5 Å². The van der Waals surface area contributed by atoms with Gasteiger partial charge in [0.2, 0.25) is 11.8 Å². The molecule has 4 rings (SSSR count). The summed E-state index contributed by atoms with van der Waals surface area (Å²) >= 11 is 0. The molecule has 2 amide bonds. The number of piperazine rings is 1. The average molecular weight is 363 g/mol. The molecule has 0 atom stereocenters. The van der Waals surface area contributed by atoms with Gasteiger partial charge >= 0.3 is 0 Å². The van der Waals surface area contributed by atoms with E-state index in [-0.39, 0.29) is 11.8 Å². The highest BCUT2D eigenvalue weighted by Crippen LogP contribution is 2.28. The average Bonchev–Trinajstić information content (AvgIpc) is 2.72. The number of fused-ring (bicyclic) bond motifs is 1. The van der Waals surface area contributed by atoms with Gasteiger partial charge in [0.25, 0.3) is 0 Å².